The topological polar surface area (TPSA) is 72.9 Å². The Balaban J connectivity index is 2.69. The van der Waals surface area contributed by atoms with Crippen molar-refractivity contribution in [2.24, 2.45) is 11.7 Å². The Morgan fingerprint density at radius 1 is 1.60 bits per heavy atom. The molecule has 1 heterocycles. The Bertz CT molecular complexity index is 330. The van der Waals surface area contributed by atoms with Gasteiger partial charge in [-0.2, -0.15) is 0 Å². The van der Waals surface area contributed by atoms with Crippen molar-refractivity contribution >= 4 is 11.9 Å². The second kappa shape index (κ2) is 4.93. The summed E-state index contributed by atoms with van der Waals surface area (Å²) in [4.78, 5) is 15.4. The van der Waals surface area contributed by atoms with E-state index in [1.54, 1.807) is 13.1 Å². The molecule has 1 unspecified atom stereocenters. The number of hydrogen-bond donors (Lipinski definition) is 2. The molecule has 0 bridgehead atoms. The summed E-state index contributed by atoms with van der Waals surface area (Å²) >= 11 is 0. The van der Waals surface area contributed by atoms with E-state index in [9.17, 15) is 4.79 Å². The van der Waals surface area contributed by atoms with E-state index in [-0.39, 0.29) is 5.91 Å². The van der Waals surface area contributed by atoms with Gasteiger partial charge >= 0.3 is 0 Å². The summed E-state index contributed by atoms with van der Waals surface area (Å²) < 4.78 is 1.91. The number of nitrogens with zero attached hydrogens (tertiary/aromatic N) is 2. The summed E-state index contributed by atoms with van der Waals surface area (Å²) in [5.74, 6) is 0.849. The molecule has 0 saturated heterocycles. The minimum absolute atomic E-state index is 0.216. The number of hydrogen-bond acceptors (Lipinski definition) is 3. The van der Waals surface area contributed by atoms with E-state index < -0.39 is 6.04 Å². The third-order valence-corrected chi connectivity index (χ3v) is 1.93. The monoisotopic (exact) mass is 210 g/mol. The first-order valence-corrected chi connectivity index (χ1v) is 5.08. The average molecular weight is 210 g/mol. The summed E-state index contributed by atoms with van der Waals surface area (Å²) in [7, 11) is 0. The second-order valence-corrected chi connectivity index (χ2v) is 4.07. The van der Waals surface area contributed by atoms with Crippen molar-refractivity contribution in [3.63, 3.8) is 0 Å². The molecule has 1 amide bonds. The van der Waals surface area contributed by atoms with Crippen LogP contribution in [-0.2, 0) is 11.3 Å². The predicted molar refractivity (Wildman–Crippen MR) is 59.3 cm³/mol. The Morgan fingerprint density at radius 2 is 2.27 bits per heavy atom. The van der Waals surface area contributed by atoms with Gasteiger partial charge in [0, 0.05) is 18.9 Å². The van der Waals surface area contributed by atoms with Crippen LogP contribution in [0.5, 0.6) is 0 Å². The lowest BCUT2D eigenvalue weighted by Gasteiger charge is -2.11. The SMILES string of the molecule is CC(C)Cn1ccnc1NC(=O)C(C)N. The lowest BCUT2D eigenvalue weighted by Crippen LogP contribution is -2.33. The highest BCUT2D eigenvalue weighted by molar-refractivity contribution is 5.92. The zero-order valence-corrected chi connectivity index (χ0v) is 9.40. The van der Waals surface area contributed by atoms with Gasteiger partial charge in [0.2, 0.25) is 11.9 Å². The number of aromatic nitrogens is 2. The highest BCUT2D eigenvalue weighted by Gasteiger charge is 2.11. The summed E-state index contributed by atoms with van der Waals surface area (Å²) in [5, 5.41) is 2.68. The van der Waals surface area contributed by atoms with Crippen molar-refractivity contribution in [2.45, 2.75) is 33.4 Å². The Labute approximate surface area is 89.7 Å². The average Bonchev–Trinajstić information content (AvgIpc) is 2.51. The van der Waals surface area contributed by atoms with Gasteiger partial charge in [0.1, 0.15) is 0 Å². The van der Waals surface area contributed by atoms with Crippen molar-refractivity contribution < 1.29 is 4.79 Å². The maximum atomic E-state index is 11.4. The maximum absolute atomic E-state index is 11.4. The molecule has 0 aliphatic carbocycles. The molecule has 0 spiro atoms. The van der Waals surface area contributed by atoms with E-state index in [1.807, 2.05) is 10.8 Å². The van der Waals surface area contributed by atoms with Crippen molar-refractivity contribution in [3.05, 3.63) is 12.4 Å². The van der Waals surface area contributed by atoms with Gasteiger partial charge in [-0.15, -0.1) is 0 Å². The molecule has 0 aliphatic heterocycles. The molecule has 0 saturated carbocycles. The van der Waals surface area contributed by atoms with E-state index in [0.29, 0.717) is 11.9 Å². The summed E-state index contributed by atoms with van der Waals surface area (Å²) in [6, 6.07) is -0.519. The first kappa shape index (κ1) is 11.7. The molecule has 1 aromatic rings. The zero-order chi connectivity index (χ0) is 11.4. The molecular formula is C10H18N4O. The molecule has 0 fully saturated rings. The normalized spacial score (nSPS) is 12.9. The zero-order valence-electron chi connectivity index (χ0n) is 9.40. The highest BCUT2D eigenvalue weighted by atomic mass is 16.2. The molecule has 15 heavy (non-hydrogen) atoms. The Kier molecular flexibility index (Phi) is 3.85. The van der Waals surface area contributed by atoms with Crippen molar-refractivity contribution in [1.29, 1.82) is 0 Å². The van der Waals surface area contributed by atoms with Crippen LogP contribution in [0, 0.1) is 5.92 Å². The molecule has 5 heteroatoms. The first-order valence-electron chi connectivity index (χ1n) is 5.08. The fourth-order valence-corrected chi connectivity index (χ4v) is 1.20. The van der Waals surface area contributed by atoms with Gasteiger partial charge in [-0.1, -0.05) is 13.8 Å². The first-order chi connectivity index (χ1) is 7.00. The van der Waals surface area contributed by atoms with Crippen LogP contribution in [0.1, 0.15) is 20.8 Å². The fraction of sp³-hybridized carbons (Fsp3) is 0.600. The highest BCUT2D eigenvalue weighted by Crippen LogP contribution is 2.08. The third-order valence-electron chi connectivity index (χ3n) is 1.93. The summed E-state index contributed by atoms with van der Waals surface area (Å²) in [5.41, 5.74) is 5.45. The number of carbonyl (C=O) groups is 1. The fourth-order valence-electron chi connectivity index (χ4n) is 1.20. The van der Waals surface area contributed by atoms with Gasteiger partial charge in [-0.25, -0.2) is 4.98 Å². The van der Waals surface area contributed by atoms with E-state index >= 15 is 0 Å². The van der Waals surface area contributed by atoms with Gasteiger partial charge in [0.05, 0.1) is 6.04 Å². The number of rotatable bonds is 4. The van der Waals surface area contributed by atoms with Gasteiger partial charge < -0.3 is 10.3 Å². The van der Waals surface area contributed by atoms with Crippen LogP contribution in [0.3, 0.4) is 0 Å². The standard InChI is InChI=1S/C10H18N4O/c1-7(2)6-14-5-4-12-10(14)13-9(15)8(3)11/h4-5,7-8H,6,11H2,1-3H3,(H,12,13,15). The van der Waals surface area contributed by atoms with Crippen molar-refractivity contribution in [1.82, 2.24) is 9.55 Å². The lowest BCUT2D eigenvalue weighted by atomic mass is 10.2. The number of nitrogens with two attached hydrogens (primary N) is 1. The molecule has 0 aromatic carbocycles. The van der Waals surface area contributed by atoms with E-state index in [4.69, 9.17) is 5.73 Å². The van der Waals surface area contributed by atoms with Crippen LogP contribution < -0.4 is 11.1 Å². The molecule has 1 aromatic heterocycles. The lowest BCUT2D eigenvalue weighted by molar-refractivity contribution is -0.117. The van der Waals surface area contributed by atoms with E-state index in [1.165, 1.54) is 0 Å². The summed E-state index contributed by atoms with van der Waals surface area (Å²) in [6.45, 7) is 6.69. The third kappa shape index (κ3) is 3.36. The van der Waals surface area contributed by atoms with Gasteiger partial charge in [-0.3, -0.25) is 10.1 Å². The minimum Gasteiger partial charge on any atom is -0.320 e. The Hall–Kier alpha value is -1.36. The van der Waals surface area contributed by atoms with Gasteiger partial charge in [0.25, 0.3) is 0 Å². The Morgan fingerprint density at radius 3 is 2.80 bits per heavy atom. The largest absolute Gasteiger partial charge is 0.320 e. The molecule has 0 aliphatic rings. The number of amides is 1. The molecule has 5 nitrogen and oxygen atoms in total. The van der Waals surface area contributed by atoms with E-state index in [2.05, 4.69) is 24.1 Å². The molecule has 1 atom stereocenters. The minimum atomic E-state index is -0.519. The number of imidazole rings is 1. The van der Waals surface area contributed by atoms with Gasteiger partial charge in [0.15, 0.2) is 0 Å². The van der Waals surface area contributed by atoms with Crippen LogP contribution in [-0.4, -0.2) is 21.5 Å². The van der Waals surface area contributed by atoms with Crippen LogP contribution >= 0.6 is 0 Å². The number of anilines is 1. The van der Waals surface area contributed by atoms with E-state index in [0.717, 1.165) is 6.54 Å². The van der Waals surface area contributed by atoms with Crippen LogP contribution in [0.4, 0.5) is 5.95 Å². The van der Waals surface area contributed by atoms with Crippen molar-refractivity contribution in [2.75, 3.05) is 5.32 Å². The number of carbonyl (C=O) groups excluding carboxylic acids is 1. The quantitative estimate of drug-likeness (QED) is 0.773. The van der Waals surface area contributed by atoms with Crippen LogP contribution in [0.25, 0.3) is 0 Å². The van der Waals surface area contributed by atoms with Crippen LogP contribution in [0.2, 0.25) is 0 Å². The molecule has 3 N–H and O–H groups in total. The summed E-state index contributed by atoms with van der Waals surface area (Å²) in [6.07, 6.45) is 3.51. The maximum Gasteiger partial charge on any atom is 0.243 e. The smallest absolute Gasteiger partial charge is 0.243 e. The molecular weight excluding hydrogens is 192 g/mol. The van der Waals surface area contributed by atoms with Gasteiger partial charge in [-0.05, 0) is 12.8 Å². The van der Waals surface area contributed by atoms with Crippen LogP contribution in [0.15, 0.2) is 12.4 Å². The predicted octanol–water partition coefficient (Wildman–Crippen LogP) is 0.825. The molecule has 1 rings (SSSR count). The molecule has 84 valence electrons. The number of nitrogens with one attached hydrogen (secondary N) is 1. The van der Waals surface area contributed by atoms with Crippen molar-refractivity contribution in [3.8, 4) is 0 Å². The molecule has 0 radical (unpaired) electrons. The second-order valence-electron chi connectivity index (χ2n) is 4.07.